The molecule has 0 saturated carbocycles. The van der Waals surface area contributed by atoms with Crippen LogP contribution in [0.25, 0.3) is 10.9 Å². The van der Waals surface area contributed by atoms with Crippen molar-refractivity contribution in [1.29, 1.82) is 0 Å². The van der Waals surface area contributed by atoms with Gasteiger partial charge in [0.1, 0.15) is 11.6 Å². The number of rotatable bonds is 9. The number of nitrogens with one attached hydrogen (secondary N) is 1. The monoisotopic (exact) mass is 466 g/mol. The Bertz CT molecular complexity index is 1390. The number of carbonyl (C=O) groups excluding carboxylic acids is 1. The Hall–Kier alpha value is -3.17. The van der Waals surface area contributed by atoms with Crippen molar-refractivity contribution in [2.24, 2.45) is 0 Å². The number of thioether (sulfide) groups is 1. The molecule has 0 bridgehead atoms. The van der Waals surface area contributed by atoms with E-state index in [1.165, 1.54) is 11.8 Å². The number of Topliss-reactive ketones (excluding diaryl/α,β-unsaturated/α-hetero) is 1. The number of aryl methyl sites for hydroxylation is 1. The van der Waals surface area contributed by atoms with E-state index in [1.54, 1.807) is 41.1 Å². The van der Waals surface area contributed by atoms with E-state index in [2.05, 4.69) is 21.8 Å². The van der Waals surface area contributed by atoms with Crippen LogP contribution in [-0.2, 0) is 22.1 Å². The van der Waals surface area contributed by atoms with E-state index in [-0.39, 0.29) is 22.2 Å². The second-order valence-electron chi connectivity index (χ2n) is 7.33. The van der Waals surface area contributed by atoms with E-state index in [4.69, 9.17) is 0 Å². The normalized spacial score (nSPS) is 11.7. The SMILES string of the molecule is C=CCn1c(CS(=O)(=O)c2ccc(C)cc2)nnc1SCC(=O)c1c[nH]c2ccccc12. The van der Waals surface area contributed by atoms with Gasteiger partial charge in [0.2, 0.25) is 0 Å². The van der Waals surface area contributed by atoms with Crippen LogP contribution in [0, 0.1) is 6.92 Å². The number of para-hydroxylation sites is 1. The van der Waals surface area contributed by atoms with Gasteiger partial charge in [0, 0.05) is 29.2 Å². The predicted octanol–water partition coefficient (Wildman–Crippen LogP) is 4.20. The minimum absolute atomic E-state index is 0.0468. The molecule has 0 atom stereocenters. The summed E-state index contributed by atoms with van der Waals surface area (Å²) in [6.45, 7) is 5.99. The van der Waals surface area contributed by atoms with Gasteiger partial charge in [-0.1, -0.05) is 53.7 Å². The molecule has 7 nitrogen and oxygen atoms in total. The molecule has 1 N–H and O–H groups in total. The Morgan fingerprint density at radius 1 is 1.16 bits per heavy atom. The van der Waals surface area contributed by atoms with Gasteiger partial charge in [0.05, 0.1) is 10.6 Å². The Balaban J connectivity index is 1.53. The van der Waals surface area contributed by atoms with Gasteiger partial charge in [-0.05, 0) is 25.1 Å². The Morgan fingerprint density at radius 3 is 2.66 bits per heavy atom. The first-order valence-electron chi connectivity index (χ1n) is 9.93. The molecule has 0 aliphatic heterocycles. The minimum Gasteiger partial charge on any atom is -0.360 e. The van der Waals surface area contributed by atoms with Gasteiger partial charge >= 0.3 is 0 Å². The van der Waals surface area contributed by atoms with Crippen LogP contribution in [0.15, 0.2) is 77.4 Å². The molecular weight excluding hydrogens is 444 g/mol. The van der Waals surface area contributed by atoms with Gasteiger partial charge in [-0.3, -0.25) is 4.79 Å². The number of hydrogen-bond acceptors (Lipinski definition) is 6. The van der Waals surface area contributed by atoms with Crippen LogP contribution in [0.3, 0.4) is 0 Å². The summed E-state index contributed by atoms with van der Waals surface area (Å²) in [5.74, 6) is 0.136. The smallest absolute Gasteiger partial charge is 0.191 e. The average Bonchev–Trinajstić information content (AvgIpc) is 3.37. The highest BCUT2D eigenvalue weighted by Gasteiger charge is 2.22. The summed E-state index contributed by atoms with van der Waals surface area (Å²) in [6.07, 6.45) is 3.36. The molecule has 2 aromatic heterocycles. The maximum absolute atomic E-state index is 12.9. The van der Waals surface area contributed by atoms with E-state index in [0.29, 0.717) is 23.1 Å². The summed E-state index contributed by atoms with van der Waals surface area (Å²) >= 11 is 1.23. The third-order valence-electron chi connectivity index (χ3n) is 5.03. The molecule has 164 valence electrons. The predicted molar refractivity (Wildman–Crippen MR) is 126 cm³/mol. The molecule has 0 saturated heterocycles. The Morgan fingerprint density at radius 2 is 1.91 bits per heavy atom. The van der Waals surface area contributed by atoms with Gasteiger partial charge in [-0.2, -0.15) is 0 Å². The maximum atomic E-state index is 12.9. The standard InChI is InChI=1S/C23H22N4O3S2/c1-3-12-27-22(15-32(29,30)17-10-8-16(2)9-11-17)25-26-23(27)31-14-21(28)19-13-24-20-7-5-4-6-18(19)20/h3-11,13,24H,1,12,14-15H2,2H3. The zero-order chi connectivity index (χ0) is 22.7. The van der Waals surface area contributed by atoms with Gasteiger partial charge in [0.25, 0.3) is 0 Å². The molecule has 0 aliphatic carbocycles. The number of sulfone groups is 1. The van der Waals surface area contributed by atoms with Crippen LogP contribution in [-0.4, -0.2) is 39.7 Å². The van der Waals surface area contributed by atoms with E-state index >= 15 is 0 Å². The van der Waals surface area contributed by atoms with Gasteiger partial charge < -0.3 is 9.55 Å². The van der Waals surface area contributed by atoms with Crippen molar-refractivity contribution in [3.05, 3.63) is 84.3 Å². The van der Waals surface area contributed by atoms with Crippen LogP contribution in [0.5, 0.6) is 0 Å². The summed E-state index contributed by atoms with van der Waals surface area (Å²) in [6, 6.07) is 14.3. The Kier molecular flexibility index (Phi) is 6.29. The topological polar surface area (TPSA) is 97.7 Å². The third kappa shape index (κ3) is 4.53. The first kappa shape index (κ1) is 22.0. The molecule has 0 spiro atoms. The molecule has 2 heterocycles. The molecule has 0 amide bonds. The van der Waals surface area contributed by atoms with E-state index in [9.17, 15) is 13.2 Å². The van der Waals surface area contributed by atoms with Crippen LogP contribution in [0.4, 0.5) is 0 Å². The summed E-state index contributed by atoms with van der Waals surface area (Å²) < 4.78 is 27.4. The van der Waals surface area contributed by atoms with Crippen molar-refractivity contribution in [1.82, 2.24) is 19.7 Å². The van der Waals surface area contributed by atoms with Crippen molar-refractivity contribution >= 4 is 38.3 Å². The first-order chi connectivity index (χ1) is 15.4. The fourth-order valence-electron chi connectivity index (χ4n) is 3.35. The van der Waals surface area contributed by atoms with E-state index in [0.717, 1.165) is 16.5 Å². The summed E-state index contributed by atoms with van der Waals surface area (Å²) in [5, 5.41) is 9.60. The number of fused-ring (bicyclic) bond motifs is 1. The maximum Gasteiger partial charge on any atom is 0.191 e. The lowest BCUT2D eigenvalue weighted by Gasteiger charge is -2.08. The molecular formula is C23H22N4O3S2. The number of hydrogen-bond donors (Lipinski definition) is 1. The Labute approximate surface area is 190 Å². The van der Waals surface area contributed by atoms with Crippen molar-refractivity contribution in [2.75, 3.05) is 5.75 Å². The quantitative estimate of drug-likeness (QED) is 0.226. The summed E-state index contributed by atoms with van der Waals surface area (Å²) in [7, 11) is -3.59. The number of H-pyrrole nitrogens is 1. The van der Waals surface area contributed by atoms with Gasteiger partial charge in [-0.25, -0.2) is 8.42 Å². The van der Waals surface area contributed by atoms with Crippen molar-refractivity contribution in [2.45, 2.75) is 29.3 Å². The molecule has 4 rings (SSSR count). The fourth-order valence-corrected chi connectivity index (χ4v) is 5.47. The first-order valence-corrected chi connectivity index (χ1v) is 12.6. The molecule has 32 heavy (non-hydrogen) atoms. The highest BCUT2D eigenvalue weighted by atomic mass is 32.2. The molecule has 0 unspecified atom stereocenters. The van der Waals surface area contributed by atoms with Gasteiger partial charge in [-0.15, -0.1) is 16.8 Å². The number of ketones is 1. The van der Waals surface area contributed by atoms with Crippen LogP contribution >= 0.6 is 11.8 Å². The summed E-state index contributed by atoms with van der Waals surface area (Å²) in [5.41, 5.74) is 2.50. The number of aromatic amines is 1. The molecule has 0 fully saturated rings. The molecule has 0 radical (unpaired) electrons. The van der Waals surface area contributed by atoms with E-state index in [1.807, 2.05) is 31.2 Å². The lowest BCUT2D eigenvalue weighted by molar-refractivity contribution is 0.102. The van der Waals surface area contributed by atoms with Gasteiger partial charge in [0.15, 0.2) is 20.8 Å². The van der Waals surface area contributed by atoms with Crippen LogP contribution in [0.1, 0.15) is 21.7 Å². The lowest BCUT2D eigenvalue weighted by Crippen LogP contribution is -2.12. The number of carbonyl (C=O) groups is 1. The zero-order valence-corrected chi connectivity index (χ0v) is 19.1. The minimum atomic E-state index is -3.59. The largest absolute Gasteiger partial charge is 0.360 e. The second kappa shape index (κ2) is 9.13. The molecule has 9 heteroatoms. The molecule has 2 aromatic carbocycles. The van der Waals surface area contributed by atoms with Crippen molar-refractivity contribution < 1.29 is 13.2 Å². The number of nitrogens with zero attached hydrogens (tertiary/aromatic N) is 3. The van der Waals surface area contributed by atoms with E-state index < -0.39 is 9.84 Å². The van der Waals surface area contributed by atoms with Crippen molar-refractivity contribution in [3.8, 4) is 0 Å². The zero-order valence-electron chi connectivity index (χ0n) is 17.5. The number of allylic oxidation sites excluding steroid dienone is 1. The number of benzene rings is 2. The fraction of sp³-hybridized carbons (Fsp3) is 0.174. The third-order valence-corrected chi connectivity index (χ3v) is 7.62. The number of aromatic nitrogens is 4. The van der Waals surface area contributed by atoms with Crippen LogP contribution in [0.2, 0.25) is 0 Å². The highest BCUT2D eigenvalue weighted by molar-refractivity contribution is 7.99. The molecule has 4 aromatic rings. The summed E-state index contributed by atoms with van der Waals surface area (Å²) in [4.78, 5) is 16.1. The highest BCUT2D eigenvalue weighted by Crippen LogP contribution is 2.24. The van der Waals surface area contributed by atoms with Crippen molar-refractivity contribution in [3.63, 3.8) is 0 Å². The second-order valence-corrected chi connectivity index (χ2v) is 10.3. The molecule has 0 aliphatic rings. The van der Waals surface area contributed by atoms with Crippen LogP contribution < -0.4 is 0 Å². The average molecular weight is 467 g/mol. The lowest BCUT2D eigenvalue weighted by atomic mass is 10.1.